The van der Waals surface area contributed by atoms with Crippen molar-refractivity contribution in [1.82, 2.24) is 5.32 Å². The minimum Gasteiger partial charge on any atom is -0.349 e. The van der Waals surface area contributed by atoms with E-state index in [9.17, 15) is 9.59 Å². The maximum absolute atomic E-state index is 12.5. The van der Waals surface area contributed by atoms with Crippen LogP contribution in [0, 0.1) is 0 Å². The first-order chi connectivity index (χ1) is 13.2. The lowest BCUT2D eigenvalue weighted by atomic mass is 10.0. The number of nitrogens with one attached hydrogen (secondary N) is 2. The normalized spacial score (nSPS) is 14.4. The molecule has 0 heterocycles. The number of anilines is 1. The van der Waals surface area contributed by atoms with Crippen molar-refractivity contribution in [2.45, 2.75) is 44.7 Å². The highest BCUT2D eigenvalue weighted by Crippen LogP contribution is 2.21. The maximum atomic E-state index is 12.5. The van der Waals surface area contributed by atoms with E-state index in [4.69, 9.17) is 0 Å². The Bertz CT molecular complexity index is 772. The zero-order valence-electron chi connectivity index (χ0n) is 15.8. The van der Waals surface area contributed by atoms with E-state index in [0.717, 1.165) is 25.7 Å². The Morgan fingerprint density at radius 3 is 2.48 bits per heavy atom. The van der Waals surface area contributed by atoms with E-state index < -0.39 is 0 Å². The lowest BCUT2D eigenvalue weighted by Crippen LogP contribution is -2.87. The van der Waals surface area contributed by atoms with E-state index in [2.05, 4.69) is 35.0 Å². The van der Waals surface area contributed by atoms with E-state index in [-0.39, 0.29) is 23.9 Å². The van der Waals surface area contributed by atoms with Crippen LogP contribution >= 0.6 is 0 Å². The molecule has 4 N–H and O–H groups in total. The van der Waals surface area contributed by atoms with Crippen molar-refractivity contribution in [1.29, 1.82) is 0 Å². The monoisotopic (exact) mass is 366 g/mol. The van der Waals surface area contributed by atoms with Gasteiger partial charge in [0, 0.05) is 18.0 Å². The quantitative estimate of drug-likeness (QED) is 0.638. The predicted molar refractivity (Wildman–Crippen MR) is 106 cm³/mol. The van der Waals surface area contributed by atoms with Crippen LogP contribution in [0.2, 0.25) is 0 Å². The molecule has 2 amide bonds. The molecule has 0 unspecified atom stereocenters. The van der Waals surface area contributed by atoms with Crippen molar-refractivity contribution >= 4 is 17.5 Å². The summed E-state index contributed by atoms with van der Waals surface area (Å²) in [5.41, 5.74) is 2.32. The summed E-state index contributed by atoms with van der Waals surface area (Å²) in [6, 6.07) is 18.0. The molecule has 0 radical (unpaired) electrons. The van der Waals surface area contributed by atoms with Crippen molar-refractivity contribution < 1.29 is 14.9 Å². The highest BCUT2D eigenvalue weighted by Gasteiger charge is 2.25. The van der Waals surface area contributed by atoms with Crippen LogP contribution in [0.1, 0.15) is 54.6 Å². The van der Waals surface area contributed by atoms with Crippen molar-refractivity contribution in [2.75, 3.05) is 11.9 Å². The molecular formula is C22H28N3O2+. The Kier molecular flexibility index (Phi) is 6.60. The van der Waals surface area contributed by atoms with Crippen LogP contribution in [0.4, 0.5) is 5.69 Å². The Hall–Kier alpha value is -2.66. The number of carbonyl (C=O) groups excluding carboxylic acids is 2. The molecule has 0 bridgehead atoms. The maximum Gasteiger partial charge on any atom is 0.279 e. The summed E-state index contributed by atoms with van der Waals surface area (Å²) in [6.07, 6.45) is 4.14. The zero-order chi connectivity index (χ0) is 19.1. The molecule has 0 aromatic heterocycles. The average Bonchev–Trinajstić information content (AvgIpc) is 3.50. The van der Waals surface area contributed by atoms with Gasteiger partial charge in [-0.1, -0.05) is 55.8 Å². The van der Waals surface area contributed by atoms with Gasteiger partial charge in [-0.2, -0.15) is 0 Å². The fraction of sp³-hybridized carbons (Fsp3) is 0.364. The van der Waals surface area contributed by atoms with E-state index >= 15 is 0 Å². The number of hydrogen-bond donors (Lipinski definition) is 3. The Balaban J connectivity index is 1.59. The second-order valence-electron chi connectivity index (χ2n) is 7.09. The van der Waals surface area contributed by atoms with Gasteiger partial charge in [0.2, 0.25) is 0 Å². The van der Waals surface area contributed by atoms with Crippen molar-refractivity contribution in [2.24, 2.45) is 0 Å². The van der Waals surface area contributed by atoms with Gasteiger partial charge in [-0.25, -0.2) is 0 Å². The van der Waals surface area contributed by atoms with Gasteiger partial charge in [-0.15, -0.1) is 0 Å². The third-order valence-electron chi connectivity index (χ3n) is 4.77. The first-order valence-electron chi connectivity index (χ1n) is 9.75. The molecule has 27 heavy (non-hydrogen) atoms. The van der Waals surface area contributed by atoms with Crippen molar-refractivity contribution in [3.63, 3.8) is 0 Å². The summed E-state index contributed by atoms with van der Waals surface area (Å²) < 4.78 is 0. The van der Waals surface area contributed by atoms with E-state index in [1.165, 1.54) is 5.56 Å². The van der Waals surface area contributed by atoms with Gasteiger partial charge in [-0.05, 0) is 25.0 Å². The molecule has 1 aliphatic rings. The van der Waals surface area contributed by atoms with Gasteiger partial charge in [0.25, 0.3) is 11.8 Å². The average molecular weight is 366 g/mol. The number of para-hydroxylation sites is 1. The highest BCUT2D eigenvalue weighted by molar-refractivity contribution is 6.04. The molecule has 1 atom stereocenters. The lowest BCUT2D eigenvalue weighted by molar-refractivity contribution is -0.686. The van der Waals surface area contributed by atoms with Crippen molar-refractivity contribution in [3.05, 3.63) is 65.7 Å². The molecule has 1 saturated carbocycles. The number of amides is 2. The van der Waals surface area contributed by atoms with E-state index in [1.807, 2.05) is 30.3 Å². The standard InChI is InChI=1S/C22H27N3O2/c1-2-8-19(16-9-4-3-5-10-16)23-15-21(26)25-20-12-7-6-11-18(20)22(27)24-17-13-14-17/h3-7,9-12,17,19,23H,2,8,13-15H2,1H3,(H,24,27)(H,25,26)/p+1/t19-/m1/s1. The lowest BCUT2D eigenvalue weighted by Gasteiger charge is -2.16. The largest absolute Gasteiger partial charge is 0.349 e. The molecule has 0 aliphatic heterocycles. The molecule has 1 fully saturated rings. The van der Waals surface area contributed by atoms with Crippen LogP contribution in [0.15, 0.2) is 54.6 Å². The SMILES string of the molecule is CCC[C@@H]([NH2+]CC(=O)Nc1ccccc1C(=O)NC1CC1)c1ccccc1. The van der Waals surface area contributed by atoms with Crippen LogP contribution < -0.4 is 16.0 Å². The Labute approximate surface area is 160 Å². The number of rotatable bonds is 9. The smallest absolute Gasteiger partial charge is 0.279 e. The van der Waals surface area contributed by atoms with Crippen LogP contribution in [-0.4, -0.2) is 24.4 Å². The second kappa shape index (κ2) is 9.33. The third-order valence-corrected chi connectivity index (χ3v) is 4.77. The number of carbonyl (C=O) groups is 2. The number of nitrogens with two attached hydrogens (primary N) is 1. The summed E-state index contributed by atoms with van der Waals surface area (Å²) in [6.45, 7) is 2.47. The van der Waals surface area contributed by atoms with Gasteiger partial charge in [0.05, 0.1) is 11.3 Å². The molecule has 3 rings (SSSR count). The number of quaternary nitrogens is 1. The Morgan fingerprint density at radius 2 is 1.78 bits per heavy atom. The molecule has 142 valence electrons. The van der Waals surface area contributed by atoms with Gasteiger partial charge < -0.3 is 16.0 Å². The first kappa shape index (κ1) is 19.1. The third kappa shape index (κ3) is 5.66. The topological polar surface area (TPSA) is 74.8 Å². The first-order valence-corrected chi connectivity index (χ1v) is 9.75. The van der Waals surface area contributed by atoms with Gasteiger partial charge in [0.1, 0.15) is 6.04 Å². The van der Waals surface area contributed by atoms with Gasteiger partial charge in [-0.3, -0.25) is 9.59 Å². The zero-order valence-corrected chi connectivity index (χ0v) is 15.8. The number of hydrogen-bond acceptors (Lipinski definition) is 2. The van der Waals surface area contributed by atoms with Crippen LogP contribution in [0.5, 0.6) is 0 Å². The molecule has 2 aromatic carbocycles. The predicted octanol–water partition coefficient (Wildman–Crippen LogP) is 2.62. The summed E-state index contributed by atoms with van der Waals surface area (Å²) in [7, 11) is 0. The Morgan fingerprint density at radius 1 is 1.07 bits per heavy atom. The highest BCUT2D eigenvalue weighted by atomic mass is 16.2. The molecular weight excluding hydrogens is 338 g/mol. The minimum absolute atomic E-state index is 0.0984. The van der Waals surface area contributed by atoms with Crippen LogP contribution in [0.25, 0.3) is 0 Å². The molecule has 0 saturated heterocycles. The molecule has 2 aromatic rings. The van der Waals surface area contributed by atoms with Crippen LogP contribution in [0.3, 0.4) is 0 Å². The van der Waals surface area contributed by atoms with Gasteiger partial charge in [0.15, 0.2) is 6.54 Å². The summed E-state index contributed by atoms with van der Waals surface area (Å²) in [5.74, 6) is -0.218. The van der Waals surface area contributed by atoms with Crippen molar-refractivity contribution in [3.8, 4) is 0 Å². The fourth-order valence-corrected chi connectivity index (χ4v) is 3.16. The van der Waals surface area contributed by atoms with E-state index in [1.54, 1.807) is 12.1 Å². The van der Waals surface area contributed by atoms with E-state index in [0.29, 0.717) is 17.8 Å². The molecule has 0 spiro atoms. The summed E-state index contributed by atoms with van der Waals surface area (Å²) in [4.78, 5) is 24.9. The van der Waals surface area contributed by atoms with Crippen LogP contribution in [-0.2, 0) is 4.79 Å². The fourth-order valence-electron chi connectivity index (χ4n) is 3.16. The summed E-state index contributed by atoms with van der Waals surface area (Å²) >= 11 is 0. The second-order valence-corrected chi connectivity index (χ2v) is 7.09. The number of benzene rings is 2. The molecule has 5 heteroatoms. The molecule has 1 aliphatic carbocycles. The minimum atomic E-state index is -0.120. The van der Waals surface area contributed by atoms with Gasteiger partial charge >= 0.3 is 0 Å². The summed E-state index contributed by atoms with van der Waals surface area (Å²) in [5, 5.41) is 7.95. The molecule has 5 nitrogen and oxygen atoms in total.